The maximum atomic E-state index is 13.1. The number of carbonyl (C=O) groups excluding carboxylic acids is 1. The fourth-order valence-corrected chi connectivity index (χ4v) is 5.56. The highest BCUT2D eigenvalue weighted by molar-refractivity contribution is 7.86. The summed E-state index contributed by atoms with van der Waals surface area (Å²) in [7, 11) is -1.09. The van der Waals surface area contributed by atoms with E-state index in [1.54, 1.807) is 23.0 Å². The van der Waals surface area contributed by atoms with Crippen molar-refractivity contribution in [2.75, 3.05) is 36.5 Å². The number of nitrogens with zero attached hydrogens (tertiary/aromatic N) is 4. The van der Waals surface area contributed by atoms with Crippen molar-refractivity contribution in [1.29, 1.82) is 0 Å². The number of fused-ring (bicyclic) bond motifs is 2. The zero-order valence-corrected chi connectivity index (χ0v) is 17.7. The fraction of sp³-hybridized carbons (Fsp3) is 0.381. The van der Waals surface area contributed by atoms with E-state index in [4.69, 9.17) is 4.74 Å². The maximum absolute atomic E-state index is 13.1. The van der Waals surface area contributed by atoms with E-state index in [2.05, 4.69) is 20.3 Å². The van der Waals surface area contributed by atoms with Crippen LogP contribution in [0.15, 0.2) is 41.7 Å². The molecule has 0 unspecified atom stereocenters. The fourth-order valence-electron chi connectivity index (χ4n) is 4.09. The van der Waals surface area contributed by atoms with Crippen LogP contribution in [-0.4, -0.2) is 55.8 Å². The number of benzene rings is 1. The summed E-state index contributed by atoms with van der Waals surface area (Å²) in [5, 5.41) is 7.27. The van der Waals surface area contributed by atoms with Gasteiger partial charge in [0, 0.05) is 35.1 Å². The van der Waals surface area contributed by atoms with Crippen molar-refractivity contribution >= 4 is 33.7 Å². The van der Waals surface area contributed by atoms with Crippen LogP contribution in [0.2, 0.25) is 0 Å². The zero-order chi connectivity index (χ0) is 20.9. The van der Waals surface area contributed by atoms with Crippen LogP contribution in [-0.2, 0) is 22.0 Å². The van der Waals surface area contributed by atoms with E-state index in [1.165, 1.54) is 6.20 Å². The Balaban J connectivity index is 1.55. The van der Waals surface area contributed by atoms with Gasteiger partial charge in [0.25, 0.3) is 5.91 Å². The predicted octanol–water partition coefficient (Wildman–Crippen LogP) is 2.26. The molecule has 2 aliphatic heterocycles. The van der Waals surface area contributed by atoms with E-state index in [-0.39, 0.29) is 10.7 Å². The van der Waals surface area contributed by atoms with Gasteiger partial charge in [0.1, 0.15) is 5.56 Å². The van der Waals surface area contributed by atoms with Gasteiger partial charge in [0.15, 0.2) is 5.65 Å². The standard InChI is InChI=1S/C21H23N5O3S/c1-21(2)12-14-10-16(17(11-18(14)30(21)28)25-6-8-29-9-7-25)24-20(27)15-13-23-26-5-3-4-22-19(15)26/h3-5,10-11,13H,6-9,12H2,1-2H3,(H,24,27)/t30-/m0/s1. The minimum Gasteiger partial charge on any atom is -0.378 e. The monoisotopic (exact) mass is 425 g/mol. The van der Waals surface area contributed by atoms with Crippen LogP contribution in [0.3, 0.4) is 0 Å². The van der Waals surface area contributed by atoms with E-state index >= 15 is 0 Å². The Morgan fingerprint density at radius 3 is 2.87 bits per heavy atom. The van der Waals surface area contributed by atoms with Crippen LogP contribution in [0.25, 0.3) is 5.65 Å². The number of anilines is 2. The van der Waals surface area contributed by atoms with Crippen LogP contribution in [0.1, 0.15) is 29.8 Å². The Hall–Kier alpha value is -2.78. The molecule has 9 heteroatoms. The third-order valence-corrected chi connectivity index (χ3v) is 7.55. The summed E-state index contributed by atoms with van der Waals surface area (Å²) in [6, 6.07) is 5.72. The topological polar surface area (TPSA) is 88.8 Å². The molecule has 3 aromatic rings. The molecular weight excluding hydrogens is 402 g/mol. The van der Waals surface area contributed by atoms with Gasteiger partial charge in [0.05, 0.1) is 41.6 Å². The molecule has 2 aromatic heterocycles. The molecule has 156 valence electrons. The SMILES string of the molecule is CC1(C)Cc2cc(NC(=O)c3cnn4cccnc34)c(N3CCOCC3)cc2[S@@]1=O. The van der Waals surface area contributed by atoms with Crippen LogP contribution < -0.4 is 10.2 Å². The van der Waals surface area contributed by atoms with Crippen LogP contribution in [0.4, 0.5) is 11.4 Å². The first-order chi connectivity index (χ1) is 14.4. The van der Waals surface area contributed by atoms with Gasteiger partial charge < -0.3 is 15.0 Å². The van der Waals surface area contributed by atoms with Crippen molar-refractivity contribution in [1.82, 2.24) is 14.6 Å². The van der Waals surface area contributed by atoms with Gasteiger partial charge in [-0.25, -0.2) is 9.50 Å². The quantitative estimate of drug-likeness (QED) is 0.693. The van der Waals surface area contributed by atoms with Gasteiger partial charge in [-0.05, 0) is 44.0 Å². The molecule has 0 saturated carbocycles. The number of aromatic nitrogens is 3. The lowest BCUT2D eigenvalue weighted by Crippen LogP contribution is -2.37. The molecule has 8 nitrogen and oxygen atoms in total. The molecule has 5 rings (SSSR count). The zero-order valence-electron chi connectivity index (χ0n) is 16.9. The number of nitrogens with one attached hydrogen (secondary N) is 1. The minimum absolute atomic E-state index is 0.267. The molecular formula is C21H23N5O3S. The van der Waals surface area contributed by atoms with Crippen LogP contribution >= 0.6 is 0 Å². The first-order valence-corrected chi connectivity index (χ1v) is 11.1. The largest absolute Gasteiger partial charge is 0.378 e. The van der Waals surface area contributed by atoms with Gasteiger partial charge in [-0.2, -0.15) is 5.10 Å². The van der Waals surface area contributed by atoms with Crippen LogP contribution in [0, 0.1) is 0 Å². The summed E-state index contributed by atoms with van der Waals surface area (Å²) in [6.45, 7) is 6.71. The Morgan fingerprint density at radius 1 is 1.27 bits per heavy atom. The van der Waals surface area contributed by atoms with E-state index in [1.807, 2.05) is 26.0 Å². The van der Waals surface area contributed by atoms with Gasteiger partial charge >= 0.3 is 0 Å². The van der Waals surface area contributed by atoms with Crippen molar-refractivity contribution in [3.8, 4) is 0 Å². The van der Waals surface area contributed by atoms with Crippen molar-refractivity contribution in [2.24, 2.45) is 0 Å². The highest BCUT2D eigenvalue weighted by Crippen LogP contribution is 2.41. The summed E-state index contributed by atoms with van der Waals surface area (Å²) in [5.74, 6) is -0.267. The molecule has 0 aliphatic carbocycles. The summed E-state index contributed by atoms with van der Waals surface area (Å²) < 4.78 is 19.7. The lowest BCUT2D eigenvalue weighted by atomic mass is 10.0. The van der Waals surface area contributed by atoms with E-state index in [0.29, 0.717) is 36.5 Å². The maximum Gasteiger partial charge on any atom is 0.261 e. The Kier molecular flexibility index (Phi) is 4.59. The van der Waals surface area contributed by atoms with Gasteiger partial charge in [-0.1, -0.05) is 0 Å². The first-order valence-electron chi connectivity index (χ1n) is 9.95. The number of rotatable bonds is 3. The number of carbonyl (C=O) groups is 1. The molecule has 1 amide bonds. The van der Waals surface area contributed by atoms with E-state index < -0.39 is 10.8 Å². The summed E-state index contributed by atoms with van der Waals surface area (Å²) in [5.41, 5.74) is 3.52. The Bertz CT molecular complexity index is 1170. The summed E-state index contributed by atoms with van der Waals surface area (Å²) in [4.78, 5) is 20.4. The third kappa shape index (κ3) is 3.18. The normalized spacial score (nSPS) is 20.3. The summed E-state index contributed by atoms with van der Waals surface area (Å²) in [6.07, 6.45) is 5.63. The molecule has 1 N–H and O–H groups in total. The Morgan fingerprint density at radius 2 is 2.07 bits per heavy atom. The molecule has 1 atom stereocenters. The second-order valence-corrected chi connectivity index (χ2v) is 10.3. The molecule has 0 bridgehead atoms. The molecule has 0 spiro atoms. The average Bonchev–Trinajstić information content (AvgIpc) is 3.27. The van der Waals surface area contributed by atoms with Crippen molar-refractivity contribution in [3.63, 3.8) is 0 Å². The smallest absolute Gasteiger partial charge is 0.261 e. The number of ether oxygens (including phenoxy) is 1. The van der Waals surface area contributed by atoms with Crippen LogP contribution in [0.5, 0.6) is 0 Å². The number of amides is 1. The molecule has 30 heavy (non-hydrogen) atoms. The van der Waals surface area contributed by atoms with Crippen molar-refractivity contribution in [2.45, 2.75) is 29.9 Å². The van der Waals surface area contributed by atoms with Crippen molar-refractivity contribution < 1.29 is 13.7 Å². The lowest BCUT2D eigenvalue weighted by Gasteiger charge is -2.31. The second kappa shape index (κ2) is 7.17. The van der Waals surface area contributed by atoms with Crippen molar-refractivity contribution in [3.05, 3.63) is 47.9 Å². The molecule has 1 aromatic carbocycles. The van der Waals surface area contributed by atoms with E-state index in [0.717, 1.165) is 29.2 Å². The first kappa shape index (κ1) is 19.2. The molecule has 2 aliphatic rings. The highest BCUT2D eigenvalue weighted by Gasteiger charge is 2.37. The highest BCUT2D eigenvalue weighted by atomic mass is 32.2. The molecule has 0 radical (unpaired) electrons. The lowest BCUT2D eigenvalue weighted by molar-refractivity contribution is 0.102. The minimum atomic E-state index is -1.09. The van der Waals surface area contributed by atoms with E-state index in [9.17, 15) is 9.00 Å². The van der Waals surface area contributed by atoms with Gasteiger partial charge in [-0.15, -0.1) is 0 Å². The number of hydrogen-bond donors (Lipinski definition) is 1. The molecule has 1 saturated heterocycles. The number of hydrogen-bond acceptors (Lipinski definition) is 6. The van der Waals surface area contributed by atoms with Gasteiger partial charge in [-0.3, -0.25) is 9.00 Å². The predicted molar refractivity (Wildman–Crippen MR) is 115 cm³/mol. The third-order valence-electron chi connectivity index (χ3n) is 5.62. The average molecular weight is 426 g/mol. The summed E-state index contributed by atoms with van der Waals surface area (Å²) >= 11 is 0. The second-order valence-electron chi connectivity index (χ2n) is 8.18. The number of morpholine rings is 1. The Labute approximate surface area is 176 Å². The van der Waals surface area contributed by atoms with Gasteiger partial charge in [0.2, 0.25) is 0 Å². The molecule has 4 heterocycles. The molecule has 1 fully saturated rings.